The summed E-state index contributed by atoms with van der Waals surface area (Å²) in [6.07, 6.45) is 0. The third kappa shape index (κ3) is 9.90. The van der Waals surface area contributed by atoms with Gasteiger partial charge in [0.1, 0.15) is 0 Å². The summed E-state index contributed by atoms with van der Waals surface area (Å²) in [7, 11) is 0. The molecule has 0 aliphatic heterocycles. The van der Waals surface area contributed by atoms with E-state index >= 15 is 0 Å². The van der Waals surface area contributed by atoms with Crippen molar-refractivity contribution in [3.05, 3.63) is 0 Å². The van der Waals surface area contributed by atoms with Crippen molar-refractivity contribution in [2.45, 2.75) is 0 Å². The first-order valence-electron chi connectivity index (χ1n) is 0. The monoisotopic (exact) mass is 413 g/mol. The van der Waals surface area contributed by atoms with Crippen LogP contribution >= 0.6 is 0 Å². The van der Waals surface area contributed by atoms with Gasteiger partial charge in [-0.15, -0.1) is 0 Å². The van der Waals surface area contributed by atoms with Crippen LogP contribution in [0, 0.1) is 75.5 Å². The van der Waals surface area contributed by atoms with Crippen molar-refractivity contribution in [1.82, 2.24) is 0 Å². The first-order chi connectivity index (χ1) is 0. The fraction of sp³-hybridized carbons (Fsp3) is 0. The van der Waals surface area contributed by atoms with E-state index < -0.39 is 0 Å². The summed E-state index contributed by atoms with van der Waals surface area (Å²) in [6, 6.07) is 0. The van der Waals surface area contributed by atoms with Crippen LogP contribution in [0.2, 0.25) is 0 Å². The van der Waals surface area contributed by atoms with Gasteiger partial charge in [-0.3, -0.25) is 0 Å². The van der Waals surface area contributed by atoms with E-state index in [0.717, 1.165) is 0 Å². The van der Waals surface area contributed by atoms with Crippen molar-refractivity contribution in [2.24, 2.45) is 0 Å². The van der Waals surface area contributed by atoms with Gasteiger partial charge < -0.3 is 5.71 Å². The minimum absolute atomic E-state index is 0. The molecule has 0 rings (SSSR count). The smallest absolute Gasteiger partial charge is 1.00 e. The van der Waals surface area contributed by atoms with Crippen LogP contribution in [0.4, 0.5) is 0 Å². The van der Waals surface area contributed by atoms with E-state index in [-0.39, 0.29) is 150 Å². The van der Waals surface area contributed by atoms with Crippen LogP contribution in [0.3, 0.4) is 0 Å². The molecule has 0 saturated heterocycles. The van der Waals surface area contributed by atoms with Crippen LogP contribution < -0.4 is 0 Å². The van der Waals surface area contributed by atoms with Crippen molar-refractivity contribution in [2.75, 3.05) is 0 Å². The van der Waals surface area contributed by atoms with Gasteiger partial charge in [0.25, 0.3) is 0 Å². The maximum absolute atomic E-state index is 0. The quantitative estimate of drug-likeness (QED) is 0.480. The molecule has 4 heavy (non-hydrogen) atoms. The van der Waals surface area contributed by atoms with Crippen molar-refractivity contribution in [3.63, 3.8) is 0 Å². The van der Waals surface area contributed by atoms with Gasteiger partial charge in [0, 0.05) is 75.5 Å². The second-order valence-electron chi connectivity index (χ2n) is 0. The molecule has 19 valence electrons. The van der Waals surface area contributed by atoms with E-state index in [1.165, 1.54) is 0 Å². The van der Waals surface area contributed by atoms with E-state index in [9.17, 15) is 0 Å². The van der Waals surface area contributed by atoms with Gasteiger partial charge in [-0.25, -0.2) is 0 Å². The van der Waals surface area contributed by atoms with Crippen molar-refractivity contribution >= 4 is 68.5 Å². The number of hydrogen-bond acceptors (Lipinski definition) is 0. The SMILES string of the molecule is [Gd].[H-].[H-].[H-].[H-].[La].[Mg+2].[Sr+2]. The summed E-state index contributed by atoms with van der Waals surface area (Å²) >= 11 is 0. The zero-order valence-corrected chi connectivity index (χ0v) is 13.1. The summed E-state index contributed by atoms with van der Waals surface area (Å²) < 4.78 is 0. The van der Waals surface area contributed by atoms with E-state index in [1.54, 1.807) is 0 Å². The first kappa shape index (κ1) is 23.3. The maximum atomic E-state index is 0. The van der Waals surface area contributed by atoms with Crippen LogP contribution in [0.15, 0.2) is 0 Å². The average Bonchev–Trinajstić information content (AvgIpc) is 0. The summed E-state index contributed by atoms with van der Waals surface area (Å²) in [5, 5.41) is 0. The van der Waals surface area contributed by atoms with Crippen LogP contribution in [-0.4, -0.2) is 68.5 Å². The molecule has 0 aliphatic rings. The summed E-state index contributed by atoms with van der Waals surface area (Å²) in [5.74, 6) is 0. The zero-order chi connectivity index (χ0) is 0. The van der Waals surface area contributed by atoms with E-state index in [2.05, 4.69) is 0 Å². The van der Waals surface area contributed by atoms with Crippen LogP contribution in [0.5, 0.6) is 0 Å². The molecule has 0 heterocycles. The summed E-state index contributed by atoms with van der Waals surface area (Å²) in [6.45, 7) is 0. The topological polar surface area (TPSA) is 0 Å². The van der Waals surface area contributed by atoms with Gasteiger partial charge in [0.2, 0.25) is 0 Å². The molecule has 4 heteroatoms. The molecule has 0 aromatic carbocycles. The maximum Gasteiger partial charge on any atom is 2.00 e. The minimum Gasteiger partial charge on any atom is -1.00 e. The van der Waals surface area contributed by atoms with Gasteiger partial charge >= 0.3 is 68.5 Å². The molecular weight excluding hydrogens is 408 g/mol. The molecule has 0 bridgehead atoms. The third-order valence-corrected chi connectivity index (χ3v) is 0. The molecule has 0 saturated carbocycles. The molecule has 1 radical (unpaired) electrons. The molecule has 0 aromatic heterocycles. The van der Waals surface area contributed by atoms with Crippen molar-refractivity contribution in [1.29, 1.82) is 0 Å². The molecule has 0 fully saturated rings. The molecule has 0 nitrogen and oxygen atoms in total. The van der Waals surface area contributed by atoms with Crippen LogP contribution in [0.25, 0.3) is 0 Å². The third-order valence-electron chi connectivity index (χ3n) is 0. The molecule has 0 atom stereocenters. The Morgan fingerprint density at radius 3 is 1.25 bits per heavy atom. The van der Waals surface area contributed by atoms with Gasteiger partial charge in [-0.05, 0) is 0 Å². The molecule has 0 spiro atoms. The fourth-order valence-corrected chi connectivity index (χ4v) is 0. The minimum atomic E-state index is 0. The van der Waals surface area contributed by atoms with Crippen LogP contribution in [0.1, 0.15) is 5.71 Å². The van der Waals surface area contributed by atoms with E-state index in [1.807, 2.05) is 0 Å². The molecule has 0 aromatic rings. The predicted octanol–water partition coefficient (Wildman–Crippen LogP) is -0.312. The van der Waals surface area contributed by atoms with Crippen molar-refractivity contribution in [3.8, 4) is 0 Å². The largest absolute Gasteiger partial charge is 2.00 e. The Morgan fingerprint density at radius 1 is 1.25 bits per heavy atom. The van der Waals surface area contributed by atoms with E-state index in [0.29, 0.717) is 0 Å². The Kier molecular flexibility index (Phi) is 91.1. The molecule has 0 unspecified atom stereocenters. The van der Waals surface area contributed by atoms with Gasteiger partial charge in [0.15, 0.2) is 0 Å². The Labute approximate surface area is 145 Å². The fourth-order valence-electron chi connectivity index (χ4n) is 0. The predicted molar refractivity (Wildman–Crippen MR) is 16.0 cm³/mol. The summed E-state index contributed by atoms with van der Waals surface area (Å²) in [5.41, 5.74) is 0. The van der Waals surface area contributed by atoms with Gasteiger partial charge in [0.05, 0.1) is 0 Å². The normalized spacial score (nSPS) is 0. The number of rotatable bonds is 0. The molecule has 0 amide bonds. The Bertz CT molecular complexity index is 16.0. The second-order valence-corrected chi connectivity index (χ2v) is 0. The van der Waals surface area contributed by atoms with Crippen LogP contribution in [-0.2, 0) is 0 Å². The zero-order valence-electron chi connectivity index (χ0n) is 6.35. The Balaban J connectivity index is 0. The Hall–Kier alpha value is 4.77. The summed E-state index contributed by atoms with van der Waals surface area (Å²) in [4.78, 5) is 0. The first-order valence-corrected chi connectivity index (χ1v) is 0. The number of hydrogen-bond donors (Lipinski definition) is 0. The molecule has 0 N–H and O–H groups in total. The van der Waals surface area contributed by atoms with Crippen molar-refractivity contribution < 1.29 is 81.2 Å². The average molecular weight is 412 g/mol. The Morgan fingerprint density at radius 2 is 1.25 bits per heavy atom. The second kappa shape index (κ2) is 15.7. The van der Waals surface area contributed by atoms with Gasteiger partial charge in [-0.1, -0.05) is 0 Å². The van der Waals surface area contributed by atoms with E-state index in [4.69, 9.17) is 0 Å². The standard InChI is InChI=1S/Gd.La.Mg.Sr.4H/q;;2*+2;4*-1. The molecular formula is H4GdLaMgSr. The van der Waals surface area contributed by atoms with Gasteiger partial charge in [-0.2, -0.15) is 0 Å². The molecule has 0 aliphatic carbocycles.